The van der Waals surface area contributed by atoms with E-state index >= 15 is 0 Å². The number of hydrogen-bond acceptors (Lipinski definition) is 3. The summed E-state index contributed by atoms with van der Waals surface area (Å²) in [6.45, 7) is 5.75. The Morgan fingerprint density at radius 3 is 2.50 bits per heavy atom. The molecule has 0 radical (unpaired) electrons. The van der Waals surface area contributed by atoms with Crippen molar-refractivity contribution in [2.45, 2.75) is 38.7 Å². The van der Waals surface area contributed by atoms with Gasteiger partial charge in [-0.3, -0.25) is 0 Å². The molecule has 0 unspecified atom stereocenters. The third kappa shape index (κ3) is 3.40. The van der Waals surface area contributed by atoms with Gasteiger partial charge in [-0.1, -0.05) is 18.9 Å². The molecule has 0 bridgehead atoms. The summed E-state index contributed by atoms with van der Waals surface area (Å²) in [6.07, 6.45) is 5.96. The van der Waals surface area contributed by atoms with Gasteiger partial charge in [0.1, 0.15) is 0 Å². The third-order valence-corrected chi connectivity index (χ3v) is 5.19. The fourth-order valence-electron chi connectivity index (χ4n) is 2.03. The molecular formula is C15H21NO3S. The Morgan fingerprint density at radius 1 is 1.35 bits per heavy atom. The predicted octanol–water partition coefficient (Wildman–Crippen LogP) is 1.83. The Balaban J connectivity index is 3.40. The summed E-state index contributed by atoms with van der Waals surface area (Å²) in [7, 11) is -3.63. The fourth-order valence-corrected chi connectivity index (χ4v) is 3.83. The van der Waals surface area contributed by atoms with Gasteiger partial charge in [-0.05, 0) is 43.0 Å². The Morgan fingerprint density at radius 2 is 2.00 bits per heavy atom. The molecule has 0 aliphatic heterocycles. The first-order valence-corrected chi connectivity index (χ1v) is 7.97. The largest absolute Gasteiger partial charge is 0.392 e. The normalized spacial score (nSPS) is 11.6. The van der Waals surface area contributed by atoms with Crippen LogP contribution in [-0.4, -0.2) is 30.9 Å². The zero-order chi connectivity index (χ0) is 15.3. The molecule has 1 aromatic carbocycles. The minimum atomic E-state index is -3.63. The van der Waals surface area contributed by atoms with Gasteiger partial charge < -0.3 is 5.11 Å². The smallest absolute Gasteiger partial charge is 0.244 e. The topological polar surface area (TPSA) is 57.6 Å². The molecule has 1 aromatic rings. The van der Waals surface area contributed by atoms with E-state index < -0.39 is 10.0 Å². The van der Waals surface area contributed by atoms with E-state index in [0.29, 0.717) is 24.1 Å². The number of nitrogens with zero attached hydrogens (tertiary/aromatic N) is 1. The van der Waals surface area contributed by atoms with Crippen LogP contribution in [-0.2, 0) is 16.6 Å². The number of aliphatic hydroxyl groups excluding tert-OH is 1. The third-order valence-electron chi connectivity index (χ3n) is 3.22. The Bertz CT molecular complexity index is 615. The monoisotopic (exact) mass is 295 g/mol. The van der Waals surface area contributed by atoms with Crippen LogP contribution in [0.2, 0.25) is 0 Å². The summed E-state index contributed by atoms with van der Waals surface area (Å²) in [4.78, 5) is 0.227. The second-order valence-corrected chi connectivity index (χ2v) is 6.64. The van der Waals surface area contributed by atoms with E-state index in [2.05, 4.69) is 5.92 Å². The van der Waals surface area contributed by atoms with Crippen molar-refractivity contribution in [3.8, 4) is 12.3 Å². The maximum atomic E-state index is 12.7. The highest BCUT2D eigenvalue weighted by Gasteiger charge is 2.25. The van der Waals surface area contributed by atoms with Gasteiger partial charge in [0.15, 0.2) is 0 Å². The molecule has 0 fully saturated rings. The average molecular weight is 295 g/mol. The molecule has 4 nitrogen and oxygen atoms in total. The Hall–Kier alpha value is -1.35. The number of aryl methyl sites for hydroxylation is 1. The fraction of sp³-hybridized carbons (Fsp3) is 0.467. The molecule has 0 heterocycles. The van der Waals surface area contributed by atoms with Crippen molar-refractivity contribution in [2.75, 3.05) is 13.1 Å². The maximum Gasteiger partial charge on any atom is 0.244 e. The lowest BCUT2D eigenvalue weighted by Crippen LogP contribution is -2.32. The van der Waals surface area contributed by atoms with Crippen LogP contribution in [0, 0.1) is 26.2 Å². The number of terminal acetylenes is 1. The standard InChI is InChI=1S/C15H21NO3S/c1-5-7-16(8-6-2)20(18,19)15-10-14(11-17)9-12(3)13(15)4/h1,9-10,17H,6-8,11H2,2-4H3. The van der Waals surface area contributed by atoms with E-state index in [0.717, 1.165) is 5.56 Å². The molecule has 0 aliphatic carbocycles. The van der Waals surface area contributed by atoms with E-state index in [4.69, 9.17) is 6.42 Å². The van der Waals surface area contributed by atoms with Crippen LogP contribution in [0.4, 0.5) is 0 Å². The highest BCUT2D eigenvalue weighted by molar-refractivity contribution is 7.89. The van der Waals surface area contributed by atoms with Gasteiger partial charge in [-0.25, -0.2) is 8.42 Å². The van der Waals surface area contributed by atoms with Gasteiger partial charge >= 0.3 is 0 Å². The minimum Gasteiger partial charge on any atom is -0.392 e. The zero-order valence-electron chi connectivity index (χ0n) is 12.2. The molecule has 0 aromatic heterocycles. The molecular weight excluding hydrogens is 274 g/mol. The van der Waals surface area contributed by atoms with Crippen molar-refractivity contribution in [1.29, 1.82) is 0 Å². The van der Waals surface area contributed by atoms with Gasteiger partial charge in [-0.2, -0.15) is 4.31 Å². The number of hydrogen-bond donors (Lipinski definition) is 1. The van der Waals surface area contributed by atoms with Crippen LogP contribution in [0.25, 0.3) is 0 Å². The van der Waals surface area contributed by atoms with Crippen LogP contribution in [0.3, 0.4) is 0 Å². The van der Waals surface area contributed by atoms with Crippen LogP contribution < -0.4 is 0 Å². The molecule has 1 rings (SSSR count). The van der Waals surface area contributed by atoms with Crippen LogP contribution in [0.5, 0.6) is 0 Å². The highest BCUT2D eigenvalue weighted by Crippen LogP contribution is 2.24. The SMILES string of the molecule is C#CCN(CCC)S(=O)(=O)c1cc(CO)cc(C)c1C. The van der Waals surface area contributed by atoms with Crippen molar-refractivity contribution in [3.05, 3.63) is 28.8 Å². The lowest BCUT2D eigenvalue weighted by atomic mass is 10.1. The van der Waals surface area contributed by atoms with Crippen molar-refractivity contribution in [1.82, 2.24) is 4.31 Å². The highest BCUT2D eigenvalue weighted by atomic mass is 32.2. The van der Waals surface area contributed by atoms with Crippen molar-refractivity contribution in [3.63, 3.8) is 0 Å². The molecule has 0 amide bonds. The predicted molar refractivity (Wildman–Crippen MR) is 79.7 cm³/mol. The van der Waals surface area contributed by atoms with Crippen LogP contribution >= 0.6 is 0 Å². The van der Waals surface area contributed by atoms with Gasteiger partial charge in [0.2, 0.25) is 10.0 Å². The number of sulfonamides is 1. The van der Waals surface area contributed by atoms with E-state index in [1.54, 1.807) is 13.0 Å². The molecule has 110 valence electrons. The Labute approximate surface area is 121 Å². The number of benzene rings is 1. The van der Waals surface area contributed by atoms with Gasteiger partial charge in [0.25, 0.3) is 0 Å². The first-order valence-electron chi connectivity index (χ1n) is 6.53. The van der Waals surface area contributed by atoms with Crippen molar-refractivity contribution < 1.29 is 13.5 Å². The van der Waals surface area contributed by atoms with E-state index in [1.807, 2.05) is 13.8 Å². The van der Waals surface area contributed by atoms with Crippen molar-refractivity contribution >= 4 is 10.0 Å². The molecule has 0 saturated carbocycles. The zero-order valence-corrected chi connectivity index (χ0v) is 13.0. The summed E-state index contributed by atoms with van der Waals surface area (Å²) in [5, 5.41) is 9.25. The quantitative estimate of drug-likeness (QED) is 0.815. The molecule has 0 aliphatic rings. The van der Waals surface area contributed by atoms with Crippen molar-refractivity contribution in [2.24, 2.45) is 0 Å². The molecule has 5 heteroatoms. The van der Waals surface area contributed by atoms with Gasteiger partial charge in [0, 0.05) is 6.54 Å². The van der Waals surface area contributed by atoms with Gasteiger partial charge in [0.05, 0.1) is 18.0 Å². The summed E-state index contributed by atoms with van der Waals surface area (Å²) in [6, 6.07) is 3.32. The van der Waals surface area contributed by atoms with Gasteiger partial charge in [-0.15, -0.1) is 6.42 Å². The minimum absolute atomic E-state index is 0.0536. The van der Waals surface area contributed by atoms with Crippen LogP contribution in [0.1, 0.15) is 30.0 Å². The van der Waals surface area contributed by atoms with Crippen LogP contribution in [0.15, 0.2) is 17.0 Å². The molecule has 1 N–H and O–H groups in total. The van der Waals surface area contributed by atoms with E-state index in [-0.39, 0.29) is 18.0 Å². The molecule has 0 saturated heterocycles. The molecule has 0 spiro atoms. The number of rotatable bonds is 6. The second-order valence-electron chi connectivity index (χ2n) is 4.74. The average Bonchev–Trinajstić information content (AvgIpc) is 2.41. The summed E-state index contributed by atoms with van der Waals surface area (Å²) in [5.74, 6) is 2.39. The summed E-state index contributed by atoms with van der Waals surface area (Å²) >= 11 is 0. The van der Waals surface area contributed by atoms with E-state index in [9.17, 15) is 13.5 Å². The first-order chi connectivity index (χ1) is 9.38. The Kier molecular flexibility index (Phi) is 5.75. The summed E-state index contributed by atoms with van der Waals surface area (Å²) < 4.78 is 26.7. The molecule has 20 heavy (non-hydrogen) atoms. The maximum absolute atomic E-state index is 12.7. The first kappa shape index (κ1) is 16.7. The van der Waals surface area contributed by atoms with E-state index in [1.165, 1.54) is 10.4 Å². The lowest BCUT2D eigenvalue weighted by Gasteiger charge is -2.21. The molecule has 0 atom stereocenters. The summed E-state index contributed by atoms with van der Waals surface area (Å²) in [5.41, 5.74) is 2.12. The second kappa shape index (κ2) is 6.89. The lowest BCUT2D eigenvalue weighted by molar-refractivity contribution is 0.281. The number of aliphatic hydroxyl groups is 1.